The van der Waals surface area contributed by atoms with Crippen molar-refractivity contribution < 1.29 is 4.79 Å². The molecule has 1 saturated carbocycles. The van der Waals surface area contributed by atoms with Crippen molar-refractivity contribution in [3.63, 3.8) is 0 Å². The van der Waals surface area contributed by atoms with Crippen LogP contribution in [0.15, 0.2) is 54.9 Å². The van der Waals surface area contributed by atoms with Crippen molar-refractivity contribution in [3.05, 3.63) is 60.4 Å². The van der Waals surface area contributed by atoms with Gasteiger partial charge in [0.05, 0.1) is 0 Å². The van der Waals surface area contributed by atoms with Crippen molar-refractivity contribution in [3.8, 4) is 0 Å². The fourth-order valence-electron chi connectivity index (χ4n) is 3.70. The van der Waals surface area contributed by atoms with Gasteiger partial charge in [-0.1, -0.05) is 30.3 Å². The standard InChI is InChI=1S/C22H29N3O/c26-22(25-21-12-16-24-17-13-21)20-8-6-19(7-9-20)11-15-23-14-10-18-4-2-1-3-5-18/h1-5,12-13,16-17,19-20,23H,6-11,14-15H2,(H,24,25,26). The van der Waals surface area contributed by atoms with E-state index in [0.717, 1.165) is 56.8 Å². The molecule has 1 aromatic carbocycles. The number of rotatable bonds is 8. The van der Waals surface area contributed by atoms with Crippen LogP contribution in [0.3, 0.4) is 0 Å². The van der Waals surface area contributed by atoms with Gasteiger partial charge in [-0.3, -0.25) is 9.78 Å². The number of pyridine rings is 1. The summed E-state index contributed by atoms with van der Waals surface area (Å²) in [4.78, 5) is 16.3. The number of nitrogens with one attached hydrogen (secondary N) is 2. The number of benzene rings is 1. The van der Waals surface area contributed by atoms with E-state index in [0.29, 0.717) is 0 Å². The average molecular weight is 351 g/mol. The van der Waals surface area contributed by atoms with Gasteiger partial charge in [0, 0.05) is 24.0 Å². The third kappa shape index (κ3) is 5.95. The largest absolute Gasteiger partial charge is 0.326 e. The molecular formula is C22H29N3O. The minimum absolute atomic E-state index is 0.158. The lowest BCUT2D eigenvalue weighted by Crippen LogP contribution is -2.28. The van der Waals surface area contributed by atoms with Gasteiger partial charge in [0.15, 0.2) is 0 Å². The van der Waals surface area contributed by atoms with Crippen molar-refractivity contribution in [2.75, 3.05) is 18.4 Å². The van der Waals surface area contributed by atoms with E-state index in [9.17, 15) is 4.79 Å². The first-order valence-corrected chi connectivity index (χ1v) is 9.77. The van der Waals surface area contributed by atoms with Crippen LogP contribution in [0.2, 0.25) is 0 Å². The summed E-state index contributed by atoms with van der Waals surface area (Å²) in [6, 6.07) is 14.3. The van der Waals surface area contributed by atoms with Crippen molar-refractivity contribution in [2.24, 2.45) is 11.8 Å². The Morgan fingerprint density at radius 2 is 1.69 bits per heavy atom. The molecule has 0 unspecified atom stereocenters. The molecule has 2 N–H and O–H groups in total. The third-order valence-corrected chi connectivity index (χ3v) is 5.33. The Labute approximate surface area is 156 Å². The second-order valence-electron chi connectivity index (χ2n) is 7.22. The molecule has 0 radical (unpaired) electrons. The highest BCUT2D eigenvalue weighted by atomic mass is 16.1. The van der Waals surface area contributed by atoms with E-state index in [1.807, 2.05) is 12.1 Å². The number of carbonyl (C=O) groups is 1. The molecule has 0 saturated heterocycles. The van der Waals surface area contributed by atoms with Gasteiger partial charge in [0.2, 0.25) is 5.91 Å². The molecule has 4 heteroatoms. The van der Waals surface area contributed by atoms with E-state index in [1.165, 1.54) is 12.0 Å². The summed E-state index contributed by atoms with van der Waals surface area (Å²) < 4.78 is 0. The number of hydrogen-bond acceptors (Lipinski definition) is 3. The Hall–Kier alpha value is -2.20. The highest BCUT2D eigenvalue weighted by molar-refractivity contribution is 5.92. The molecule has 3 rings (SSSR count). The smallest absolute Gasteiger partial charge is 0.227 e. The minimum atomic E-state index is 0.158. The van der Waals surface area contributed by atoms with Gasteiger partial charge >= 0.3 is 0 Å². The summed E-state index contributed by atoms with van der Waals surface area (Å²) >= 11 is 0. The summed E-state index contributed by atoms with van der Waals surface area (Å²) in [5.41, 5.74) is 2.23. The molecule has 1 aliphatic carbocycles. The van der Waals surface area contributed by atoms with E-state index in [-0.39, 0.29) is 11.8 Å². The summed E-state index contributed by atoms with van der Waals surface area (Å²) in [6.07, 6.45) is 10.0. The zero-order valence-corrected chi connectivity index (χ0v) is 15.4. The first-order valence-electron chi connectivity index (χ1n) is 9.77. The molecule has 138 valence electrons. The van der Waals surface area contributed by atoms with Crippen LogP contribution in [0.25, 0.3) is 0 Å². The normalized spacial score (nSPS) is 19.8. The second-order valence-corrected chi connectivity index (χ2v) is 7.22. The van der Waals surface area contributed by atoms with E-state index in [1.54, 1.807) is 12.4 Å². The molecule has 1 aliphatic rings. The van der Waals surface area contributed by atoms with Crippen molar-refractivity contribution in [1.29, 1.82) is 0 Å². The highest BCUT2D eigenvalue weighted by Crippen LogP contribution is 2.31. The minimum Gasteiger partial charge on any atom is -0.326 e. The summed E-state index contributed by atoms with van der Waals surface area (Å²) in [5, 5.41) is 6.57. The maximum Gasteiger partial charge on any atom is 0.227 e. The van der Waals surface area contributed by atoms with Gasteiger partial charge in [0.1, 0.15) is 0 Å². The van der Waals surface area contributed by atoms with E-state index < -0.39 is 0 Å². The zero-order chi connectivity index (χ0) is 18.0. The van der Waals surface area contributed by atoms with Gasteiger partial charge < -0.3 is 10.6 Å². The molecule has 4 nitrogen and oxygen atoms in total. The highest BCUT2D eigenvalue weighted by Gasteiger charge is 2.26. The average Bonchev–Trinajstić information content (AvgIpc) is 2.70. The lowest BCUT2D eigenvalue weighted by Gasteiger charge is -2.27. The lowest BCUT2D eigenvalue weighted by atomic mass is 9.80. The van der Waals surface area contributed by atoms with Gasteiger partial charge in [-0.25, -0.2) is 0 Å². The molecule has 2 aromatic rings. The van der Waals surface area contributed by atoms with Gasteiger partial charge in [0.25, 0.3) is 0 Å². The molecule has 0 aliphatic heterocycles. The Morgan fingerprint density at radius 1 is 0.962 bits per heavy atom. The van der Waals surface area contributed by atoms with Gasteiger partial charge in [-0.15, -0.1) is 0 Å². The van der Waals surface area contributed by atoms with Crippen LogP contribution < -0.4 is 10.6 Å². The maximum absolute atomic E-state index is 12.4. The zero-order valence-electron chi connectivity index (χ0n) is 15.4. The van der Waals surface area contributed by atoms with Crippen molar-refractivity contribution in [1.82, 2.24) is 10.3 Å². The first kappa shape index (κ1) is 18.6. The predicted octanol–water partition coefficient (Wildman–Crippen LogP) is 4.05. The third-order valence-electron chi connectivity index (χ3n) is 5.33. The quantitative estimate of drug-likeness (QED) is 0.706. The number of anilines is 1. The molecule has 26 heavy (non-hydrogen) atoms. The Morgan fingerprint density at radius 3 is 2.42 bits per heavy atom. The number of carbonyl (C=O) groups excluding carboxylic acids is 1. The Bertz CT molecular complexity index is 652. The summed E-state index contributed by atoms with van der Waals surface area (Å²) in [7, 11) is 0. The fraction of sp³-hybridized carbons (Fsp3) is 0.455. The summed E-state index contributed by atoms with van der Waals surface area (Å²) in [6.45, 7) is 2.11. The molecule has 0 spiro atoms. The number of amides is 1. The molecule has 1 aromatic heterocycles. The molecule has 0 bridgehead atoms. The number of nitrogens with zero attached hydrogens (tertiary/aromatic N) is 1. The molecule has 1 fully saturated rings. The van der Waals surface area contributed by atoms with E-state index in [4.69, 9.17) is 0 Å². The molecule has 1 amide bonds. The lowest BCUT2D eigenvalue weighted by molar-refractivity contribution is -0.121. The fourth-order valence-corrected chi connectivity index (χ4v) is 3.70. The van der Waals surface area contributed by atoms with Crippen LogP contribution in [-0.2, 0) is 11.2 Å². The number of hydrogen-bond donors (Lipinski definition) is 2. The Balaban J connectivity index is 1.28. The second kappa shape index (κ2) is 10.1. The van der Waals surface area contributed by atoms with Crippen molar-refractivity contribution >= 4 is 11.6 Å². The number of aromatic nitrogens is 1. The Kier molecular flexibility index (Phi) is 7.20. The monoisotopic (exact) mass is 351 g/mol. The molecule has 1 heterocycles. The predicted molar refractivity (Wildman–Crippen MR) is 106 cm³/mol. The van der Waals surface area contributed by atoms with Crippen LogP contribution in [0.5, 0.6) is 0 Å². The van der Waals surface area contributed by atoms with Crippen LogP contribution in [-0.4, -0.2) is 24.0 Å². The first-order chi connectivity index (χ1) is 12.8. The van der Waals surface area contributed by atoms with Gasteiger partial charge in [-0.2, -0.15) is 0 Å². The summed E-state index contributed by atoms with van der Waals surface area (Å²) in [5.74, 6) is 1.07. The van der Waals surface area contributed by atoms with Gasteiger partial charge in [-0.05, 0) is 75.2 Å². The van der Waals surface area contributed by atoms with Crippen LogP contribution in [0.1, 0.15) is 37.7 Å². The van der Waals surface area contributed by atoms with Crippen LogP contribution in [0, 0.1) is 11.8 Å². The van der Waals surface area contributed by atoms with E-state index in [2.05, 4.69) is 45.9 Å². The topological polar surface area (TPSA) is 54.0 Å². The van der Waals surface area contributed by atoms with Crippen LogP contribution >= 0.6 is 0 Å². The van der Waals surface area contributed by atoms with E-state index >= 15 is 0 Å². The SMILES string of the molecule is O=C(Nc1ccncc1)C1CCC(CCNCCc2ccccc2)CC1. The maximum atomic E-state index is 12.4. The van der Waals surface area contributed by atoms with Crippen LogP contribution in [0.4, 0.5) is 5.69 Å². The molecule has 0 atom stereocenters. The molecular weight excluding hydrogens is 322 g/mol. The van der Waals surface area contributed by atoms with Crippen molar-refractivity contribution in [2.45, 2.75) is 38.5 Å².